The van der Waals surface area contributed by atoms with Crippen LogP contribution in [0.1, 0.15) is 19.3 Å². The topological polar surface area (TPSA) is 21.3 Å². The molecule has 1 atom stereocenters. The normalized spacial score (nSPS) is 29.0. The Morgan fingerprint density at radius 3 is 3.17 bits per heavy atom. The molecular formula is C10H15NO. The molecule has 0 spiro atoms. The number of allylic oxidation sites excluding steroid dienone is 3. The second-order valence-electron chi connectivity index (χ2n) is 3.35. The maximum atomic E-state index is 5.47. The van der Waals surface area contributed by atoms with E-state index >= 15 is 0 Å². The molecule has 2 aliphatic rings. The molecule has 1 aliphatic heterocycles. The van der Waals surface area contributed by atoms with Crippen molar-refractivity contribution in [3.63, 3.8) is 0 Å². The van der Waals surface area contributed by atoms with Gasteiger partial charge in [-0.2, -0.15) is 0 Å². The summed E-state index contributed by atoms with van der Waals surface area (Å²) in [7, 11) is 0. The van der Waals surface area contributed by atoms with E-state index in [0.29, 0.717) is 6.10 Å². The Morgan fingerprint density at radius 1 is 1.50 bits per heavy atom. The lowest BCUT2D eigenvalue weighted by atomic mass is 10.0. The molecule has 0 aromatic heterocycles. The highest BCUT2D eigenvalue weighted by atomic mass is 16.5. The van der Waals surface area contributed by atoms with Crippen molar-refractivity contribution in [1.29, 1.82) is 0 Å². The highest BCUT2D eigenvalue weighted by Crippen LogP contribution is 2.17. The first-order valence-corrected chi connectivity index (χ1v) is 4.63. The molecule has 0 aromatic carbocycles. The van der Waals surface area contributed by atoms with Crippen molar-refractivity contribution in [2.24, 2.45) is 0 Å². The standard InChI is InChI=1S/C10H15NO/c1-2-4-9(5-3-1)6-10-7-11-8-12-10/h2,4-5,10-11H,1,3,6-8H2. The van der Waals surface area contributed by atoms with Crippen molar-refractivity contribution in [2.75, 3.05) is 13.3 Å². The van der Waals surface area contributed by atoms with Crippen molar-refractivity contribution in [2.45, 2.75) is 25.4 Å². The summed E-state index contributed by atoms with van der Waals surface area (Å²) in [5.74, 6) is 0. The second-order valence-corrected chi connectivity index (χ2v) is 3.35. The zero-order chi connectivity index (χ0) is 8.23. The Morgan fingerprint density at radius 2 is 2.50 bits per heavy atom. The van der Waals surface area contributed by atoms with E-state index in [1.54, 1.807) is 0 Å². The third-order valence-corrected chi connectivity index (χ3v) is 2.33. The third-order valence-electron chi connectivity index (χ3n) is 2.33. The largest absolute Gasteiger partial charge is 0.361 e. The lowest BCUT2D eigenvalue weighted by Crippen LogP contribution is -2.14. The molecular weight excluding hydrogens is 150 g/mol. The Kier molecular flexibility index (Phi) is 2.59. The molecule has 0 amide bonds. The molecule has 12 heavy (non-hydrogen) atoms. The maximum Gasteiger partial charge on any atom is 0.0970 e. The van der Waals surface area contributed by atoms with Crippen molar-refractivity contribution in [3.8, 4) is 0 Å². The summed E-state index contributed by atoms with van der Waals surface area (Å²) in [6.07, 6.45) is 10.7. The number of nitrogens with one attached hydrogen (secondary N) is 1. The van der Waals surface area contributed by atoms with Crippen molar-refractivity contribution in [1.82, 2.24) is 5.32 Å². The van der Waals surface area contributed by atoms with Gasteiger partial charge < -0.3 is 4.74 Å². The highest BCUT2D eigenvalue weighted by Gasteiger charge is 2.15. The van der Waals surface area contributed by atoms with Crippen molar-refractivity contribution >= 4 is 0 Å². The van der Waals surface area contributed by atoms with Gasteiger partial charge in [0.25, 0.3) is 0 Å². The van der Waals surface area contributed by atoms with Crippen LogP contribution < -0.4 is 5.32 Å². The fourth-order valence-electron chi connectivity index (χ4n) is 1.67. The maximum absolute atomic E-state index is 5.47. The van der Waals surface area contributed by atoms with Gasteiger partial charge in [0.05, 0.1) is 12.8 Å². The first-order valence-electron chi connectivity index (χ1n) is 4.63. The fourth-order valence-corrected chi connectivity index (χ4v) is 1.67. The van der Waals surface area contributed by atoms with Gasteiger partial charge in [-0.3, -0.25) is 5.32 Å². The minimum absolute atomic E-state index is 0.402. The molecule has 1 heterocycles. The fraction of sp³-hybridized carbons (Fsp3) is 0.600. The average molecular weight is 165 g/mol. The van der Waals surface area contributed by atoms with E-state index in [2.05, 4.69) is 23.5 Å². The average Bonchev–Trinajstić information content (AvgIpc) is 2.59. The molecule has 0 saturated carbocycles. The van der Waals surface area contributed by atoms with Gasteiger partial charge in [0, 0.05) is 6.54 Å². The van der Waals surface area contributed by atoms with Crippen LogP contribution in [0.3, 0.4) is 0 Å². The minimum atomic E-state index is 0.402. The number of hydrogen-bond donors (Lipinski definition) is 1. The smallest absolute Gasteiger partial charge is 0.0970 e. The summed E-state index contributed by atoms with van der Waals surface area (Å²) in [5.41, 5.74) is 1.44. The molecule has 1 unspecified atom stereocenters. The molecule has 0 bridgehead atoms. The lowest BCUT2D eigenvalue weighted by Gasteiger charge is -2.11. The molecule has 2 rings (SSSR count). The minimum Gasteiger partial charge on any atom is -0.361 e. The molecule has 0 radical (unpaired) electrons. The van der Waals surface area contributed by atoms with Gasteiger partial charge in [0.15, 0.2) is 0 Å². The van der Waals surface area contributed by atoms with E-state index in [-0.39, 0.29) is 0 Å². The molecule has 0 aromatic rings. The first-order chi connectivity index (χ1) is 5.95. The molecule has 1 fully saturated rings. The second kappa shape index (κ2) is 3.87. The summed E-state index contributed by atoms with van der Waals surface area (Å²) in [6, 6.07) is 0. The number of rotatable bonds is 2. The summed E-state index contributed by atoms with van der Waals surface area (Å²) in [5, 5.41) is 3.19. The molecule has 1 saturated heterocycles. The van der Waals surface area contributed by atoms with Crippen LogP contribution >= 0.6 is 0 Å². The quantitative estimate of drug-likeness (QED) is 0.671. The first kappa shape index (κ1) is 8.02. The molecule has 1 N–H and O–H groups in total. The van der Waals surface area contributed by atoms with Crippen LogP contribution in [0.25, 0.3) is 0 Å². The zero-order valence-electron chi connectivity index (χ0n) is 7.25. The van der Waals surface area contributed by atoms with E-state index in [1.807, 2.05) is 0 Å². The molecule has 1 aliphatic carbocycles. The van der Waals surface area contributed by atoms with Gasteiger partial charge in [0.2, 0.25) is 0 Å². The highest BCUT2D eigenvalue weighted by molar-refractivity contribution is 5.22. The van der Waals surface area contributed by atoms with Gasteiger partial charge in [-0.05, 0) is 24.8 Å². The monoisotopic (exact) mass is 165 g/mol. The molecule has 2 heteroatoms. The van der Waals surface area contributed by atoms with E-state index in [4.69, 9.17) is 4.74 Å². The predicted octanol–water partition coefficient (Wildman–Crippen LogP) is 1.60. The number of hydrogen-bond acceptors (Lipinski definition) is 2. The van der Waals surface area contributed by atoms with Gasteiger partial charge in [0.1, 0.15) is 0 Å². The zero-order valence-corrected chi connectivity index (χ0v) is 7.25. The van der Waals surface area contributed by atoms with Crippen LogP contribution in [0, 0.1) is 0 Å². The summed E-state index contributed by atoms with van der Waals surface area (Å²) >= 11 is 0. The van der Waals surface area contributed by atoms with Crippen LogP contribution in [0.5, 0.6) is 0 Å². The van der Waals surface area contributed by atoms with Crippen molar-refractivity contribution < 1.29 is 4.74 Å². The van der Waals surface area contributed by atoms with Gasteiger partial charge in [-0.25, -0.2) is 0 Å². The Labute approximate surface area is 73.3 Å². The summed E-state index contributed by atoms with van der Waals surface area (Å²) in [4.78, 5) is 0. The van der Waals surface area contributed by atoms with Crippen LogP contribution in [0.2, 0.25) is 0 Å². The SMILES string of the molecule is C1=CC(CC2CNCO2)=CCC1. The lowest BCUT2D eigenvalue weighted by molar-refractivity contribution is 0.114. The van der Waals surface area contributed by atoms with E-state index in [9.17, 15) is 0 Å². The van der Waals surface area contributed by atoms with E-state index < -0.39 is 0 Å². The van der Waals surface area contributed by atoms with Crippen LogP contribution in [-0.4, -0.2) is 19.4 Å². The van der Waals surface area contributed by atoms with Gasteiger partial charge in [-0.1, -0.05) is 18.2 Å². The Hall–Kier alpha value is -0.600. The summed E-state index contributed by atoms with van der Waals surface area (Å²) < 4.78 is 5.47. The van der Waals surface area contributed by atoms with Crippen molar-refractivity contribution in [3.05, 3.63) is 23.8 Å². The van der Waals surface area contributed by atoms with E-state index in [0.717, 1.165) is 19.7 Å². The predicted molar refractivity (Wildman–Crippen MR) is 48.8 cm³/mol. The van der Waals surface area contributed by atoms with Gasteiger partial charge in [-0.15, -0.1) is 0 Å². The third kappa shape index (κ3) is 1.96. The number of ether oxygens (including phenoxy) is 1. The molecule has 2 nitrogen and oxygen atoms in total. The van der Waals surface area contributed by atoms with Crippen LogP contribution in [0.4, 0.5) is 0 Å². The van der Waals surface area contributed by atoms with Gasteiger partial charge >= 0.3 is 0 Å². The van der Waals surface area contributed by atoms with E-state index in [1.165, 1.54) is 18.4 Å². The van der Waals surface area contributed by atoms with Crippen LogP contribution in [0.15, 0.2) is 23.8 Å². The Balaban J connectivity index is 1.85. The molecule has 66 valence electrons. The summed E-state index contributed by atoms with van der Waals surface area (Å²) in [6.45, 7) is 1.73. The van der Waals surface area contributed by atoms with Crippen LogP contribution in [-0.2, 0) is 4.74 Å². The Bertz CT molecular complexity index is 202.